The van der Waals surface area contributed by atoms with E-state index in [0.29, 0.717) is 22.7 Å². The molecule has 5 rings (SSSR count). The van der Waals surface area contributed by atoms with Gasteiger partial charge >= 0.3 is 0 Å². The summed E-state index contributed by atoms with van der Waals surface area (Å²) in [5, 5.41) is 11.4. The summed E-state index contributed by atoms with van der Waals surface area (Å²) in [7, 11) is 0. The molecule has 1 N–H and O–H groups in total. The van der Waals surface area contributed by atoms with Crippen LogP contribution in [0.3, 0.4) is 0 Å². The second-order valence-electron chi connectivity index (χ2n) is 7.22. The molecular weight excluding hydrogens is 409 g/mol. The van der Waals surface area contributed by atoms with Gasteiger partial charge in [0.1, 0.15) is 12.1 Å². The van der Waals surface area contributed by atoms with Gasteiger partial charge in [0.05, 0.1) is 5.69 Å². The van der Waals surface area contributed by atoms with Crippen LogP contribution in [0.4, 0.5) is 4.39 Å². The second-order valence-corrected chi connectivity index (χ2v) is 7.22. The number of fused-ring (bicyclic) bond motifs is 1. The van der Waals surface area contributed by atoms with Crippen molar-refractivity contribution in [2.24, 2.45) is 0 Å². The van der Waals surface area contributed by atoms with Crippen LogP contribution in [0.15, 0.2) is 73.2 Å². The zero-order chi connectivity index (χ0) is 22.1. The first-order valence-electron chi connectivity index (χ1n) is 9.94. The number of hydrogen-bond acceptors (Lipinski definition) is 5. The van der Waals surface area contributed by atoms with Gasteiger partial charge in [-0.1, -0.05) is 24.3 Å². The molecule has 0 aliphatic rings. The molecule has 1 aromatic carbocycles. The third kappa shape index (κ3) is 3.71. The molecule has 0 radical (unpaired) electrons. The average Bonchev–Trinajstić information content (AvgIpc) is 3.45. The Bertz CT molecular complexity index is 1440. The van der Waals surface area contributed by atoms with Crippen LogP contribution in [0.1, 0.15) is 21.7 Å². The van der Waals surface area contributed by atoms with Crippen LogP contribution in [0.25, 0.3) is 22.7 Å². The van der Waals surface area contributed by atoms with E-state index in [0.717, 1.165) is 11.3 Å². The molecular formula is C23H18FN7O. The fourth-order valence-electron chi connectivity index (χ4n) is 3.40. The number of aromatic nitrogens is 6. The van der Waals surface area contributed by atoms with Crippen molar-refractivity contribution >= 4 is 11.6 Å². The second kappa shape index (κ2) is 8.03. The molecule has 0 unspecified atom stereocenters. The first kappa shape index (κ1) is 19.6. The topological polar surface area (TPSA) is 90.0 Å². The van der Waals surface area contributed by atoms with Gasteiger partial charge in [-0.15, -0.1) is 0 Å². The van der Waals surface area contributed by atoms with Gasteiger partial charge in [-0.3, -0.25) is 4.79 Å². The van der Waals surface area contributed by atoms with Crippen LogP contribution >= 0.6 is 0 Å². The number of nitrogens with zero attached hydrogens (tertiary/aromatic N) is 6. The molecule has 1 amide bonds. The molecule has 0 saturated heterocycles. The summed E-state index contributed by atoms with van der Waals surface area (Å²) in [5.41, 5.74) is 3.57. The summed E-state index contributed by atoms with van der Waals surface area (Å²) in [6.07, 6.45) is 3.28. The van der Waals surface area contributed by atoms with Gasteiger partial charge in [-0.2, -0.15) is 10.2 Å². The maximum atomic E-state index is 13.9. The van der Waals surface area contributed by atoms with Crippen LogP contribution in [-0.2, 0) is 6.54 Å². The number of carbonyl (C=O) groups excluding carboxylic acids is 1. The van der Waals surface area contributed by atoms with E-state index in [-0.39, 0.29) is 18.1 Å². The van der Waals surface area contributed by atoms with Crippen LogP contribution < -0.4 is 5.32 Å². The van der Waals surface area contributed by atoms with Gasteiger partial charge in [0.15, 0.2) is 17.2 Å². The summed E-state index contributed by atoms with van der Waals surface area (Å²) in [4.78, 5) is 21.5. The maximum Gasteiger partial charge on any atom is 0.272 e. The maximum absolute atomic E-state index is 13.9. The molecule has 5 aromatic rings. The van der Waals surface area contributed by atoms with Crippen molar-refractivity contribution in [1.82, 2.24) is 34.7 Å². The monoisotopic (exact) mass is 427 g/mol. The van der Waals surface area contributed by atoms with E-state index in [1.54, 1.807) is 33.5 Å². The molecule has 158 valence electrons. The Morgan fingerprint density at radius 3 is 2.81 bits per heavy atom. The molecule has 8 nitrogen and oxygen atoms in total. The number of halogens is 1. The molecule has 0 saturated carbocycles. The Morgan fingerprint density at radius 2 is 1.97 bits per heavy atom. The minimum Gasteiger partial charge on any atom is -0.346 e. The van der Waals surface area contributed by atoms with E-state index in [4.69, 9.17) is 0 Å². The Labute approximate surface area is 182 Å². The van der Waals surface area contributed by atoms with E-state index >= 15 is 0 Å². The van der Waals surface area contributed by atoms with Crippen molar-refractivity contribution in [1.29, 1.82) is 0 Å². The van der Waals surface area contributed by atoms with Crippen LogP contribution in [0, 0.1) is 12.7 Å². The van der Waals surface area contributed by atoms with Crippen LogP contribution in [-0.4, -0.2) is 35.3 Å². The van der Waals surface area contributed by atoms with Gasteiger partial charge in [-0.25, -0.2) is 23.6 Å². The Kier molecular flexibility index (Phi) is 4.91. The van der Waals surface area contributed by atoms with E-state index < -0.39 is 5.91 Å². The first-order valence-corrected chi connectivity index (χ1v) is 9.94. The lowest BCUT2D eigenvalue weighted by Crippen LogP contribution is -2.24. The zero-order valence-electron chi connectivity index (χ0n) is 17.1. The molecule has 0 aliphatic carbocycles. The summed E-state index contributed by atoms with van der Waals surface area (Å²) in [5.74, 6) is -0.210. The lowest BCUT2D eigenvalue weighted by Gasteiger charge is -2.07. The third-order valence-electron chi connectivity index (χ3n) is 5.00. The number of benzene rings is 1. The minimum absolute atomic E-state index is 0.0569. The number of carbonyl (C=O) groups is 1. The largest absolute Gasteiger partial charge is 0.346 e. The average molecular weight is 427 g/mol. The Morgan fingerprint density at radius 1 is 1.09 bits per heavy atom. The van der Waals surface area contributed by atoms with Crippen molar-refractivity contribution in [2.75, 3.05) is 0 Å². The summed E-state index contributed by atoms with van der Waals surface area (Å²) >= 11 is 0. The first-order chi connectivity index (χ1) is 15.6. The van der Waals surface area contributed by atoms with Crippen molar-refractivity contribution < 1.29 is 9.18 Å². The Balaban J connectivity index is 1.53. The van der Waals surface area contributed by atoms with Gasteiger partial charge < -0.3 is 5.32 Å². The normalized spacial score (nSPS) is 11.1. The van der Waals surface area contributed by atoms with E-state index in [1.165, 1.54) is 12.4 Å². The molecule has 0 aliphatic heterocycles. The quantitative estimate of drug-likeness (QED) is 0.465. The third-order valence-corrected chi connectivity index (χ3v) is 5.00. The van der Waals surface area contributed by atoms with Crippen molar-refractivity contribution in [2.45, 2.75) is 13.5 Å². The lowest BCUT2D eigenvalue weighted by molar-refractivity contribution is 0.0945. The van der Waals surface area contributed by atoms with Crippen LogP contribution in [0.2, 0.25) is 0 Å². The zero-order valence-corrected chi connectivity index (χ0v) is 17.1. The molecule has 0 bridgehead atoms. The molecule has 4 aromatic heterocycles. The number of rotatable bonds is 5. The van der Waals surface area contributed by atoms with Crippen LogP contribution in [0.5, 0.6) is 0 Å². The number of pyridine rings is 2. The molecule has 0 spiro atoms. The highest BCUT2D eigenvalue weighted by atomic mass is 19.1. The van der Waals surface area contributed by atoms with Gasteiger partial charge in [-0.05, 0) is 43.3 Å². The fraction of sp³-hybridized carbons (Fsp3) is 0.0870. The fourth-order valence-corrected chi connectivity index (χ4v) is 3.40. The lowest BCUT2D eigenvalue weighted by atomic mass is 10.2. The van der Waals surface area contributed by atoms with Gasteiger partial charge in [0, 0.05) is 29.6 Å². The van der Waals surface area contributed by atoms with Gasteiger partial charge in [0.2, 0.25) is 0 Å². The van der Waals surface area contributed by atoms with Crippen molar-refractivity contribution in [3.63, 3.8) is 0 Å². The smallest absolute Gasteiger partial charge is 0.272 e. The number of aryl methyl sites for hydroxylation is 1. The molecule has 32 heavy (non-hydrogen) atoms. The standard InChI is InChI=1S/C23H18FN7O/c1-15-5-4-8-22(28-15)31-20(17-9-10-21-26-14-27-30(21)13-17)11-19(29-31)23(32)25-12-16-6-2-3-7-18(16)24/h2-11,13-14H,12H2,1H3,(H,25,32). The molecule has 9 heteroatoms. The van der Waals surface area contributed by atoms with Gasteiger partial charge in [0.25, 0.3) is 5.91 Å². The summed E-state index contributed by atoms with van der Waals surface area (Å²) < 4.78 is 17.2. The molecule has 0 atom stereocenters. The number of hydrogen-bond donors (Lipinski definition) is 1. The summed E-state index contributed by atoms with van der Waals surface area (Å²) in [6, 6.07) is 17.3. The van der Waals surface area contributed by atoms with Crippen molar-refractivity contribution in [3.05, 3.63) is 96.0 Å². The van der Waals surface area contributed by atoms with E-state index in [2.05, 4.69) is 25.5 Å². The molecule has 4 heterocycles. The predicted octanol–water partition coefficient (Wildman–Crippen LogP) is 3.35. The Hall–Kier alpha value is -4.40. The van der Waals surface area contributed by atoms with E-state index in [9.17, 15) is 9.18 Å². The highest BCUT2D eigenvalue weighted by Gasteiger charge is 2.18. The predicted molar refractivity (Wildman–Crippen MR) is 116 cm³/mol. The number of amides is 1. The highest BCUT2D eigenvalue weighted by Crippen LogP contribution is 2.24. The SMILES string of the molecule is Cc1cccc(-n2nc(C(=O)NCc3ccccc3F)cc2-c2ccc3ncnn3c2)n1. The summed E-state index contributed by atoms with van der Waals surface area (Å²) in [6.45, 7) is 1.94. The number of nitrogens with one attached hydrogen (secondary N) is 1. The minimum atomic E-state index is -0.414. The van der Waals surface area contributed by atoms with Crippen molar-refractivity contribution in [3.8, 4) is 17.1 Å². The van der Waals surface area contributed by atoms with E-state index in [1.807, 2.05) is 43.5 Å². The molecule has 0 fully saturated rings. The highest BCUT2D eigenvalue weighted by molar-refractivity contribution is 5.93.